The van der Waals surface area contributed by atoms with E-state index in [9.17, 15) is 0 Å². The monoisotopic (exact) mass is 289 g/mol. The SMILES string of the molecule is CCOC1(C(NC)c2ccc(C)cc2)CCC(C)(C)CC1. The number of aryl methyl sites for hydroxylation is 1. The van der Waals surface area contributed by atoms with Gasteiger partial charge in [0.05, 0.1) is 11.6 Å². The first kappa shape index (κ1) is 16.5. The molecular weight excluding hydrogens is 258 g/mol. The quantitative estimate of drug-likeness (QED) is 0.853. The molecular formula is C19H31NO. The molecule has 2 rings (SSSR count). The summed E-state index contributed by atoms with van der Waals surface area (Å²) in [7, 11) is 2.06. The molecule has 1 aliphatic rings. The standard InChI is InChI=1S/C19H31NO/c1-6-21-19(13-11-18(3,4)12-14-19)17(20-5)16-9-7-15(2)8-10-16/h7-10,17,20H,6,11-14H2,1-5H3. The molecule has 0 radical (unpaired) electrons. The summed E-state index contributed by atoms with van der Waals surface area (Å²) in [5, 5.41) is 3.54. The minimum absolute atomic E-state index is 0.0612. The van der Waals surface area contributed by atoms with E-state index in [0.29, 0.717) is 5.41 Å². The fraction of sp³-hybridized carbons (Fsp3) is 0.684. The lowest BCUT2D eigenvalue weighted by Crippen LogP contribution is -2.49. The number of benzene rings is 1. The maximum atomic E-state index is 6.34. The van der Waals surface area contributed by atoms with Crippen molar-refractivity contribution in [3.8, 4) is 0 Å². The van der Waals surface area contributed by atoms with Crippen molar-refractivity contribution >= 4 is 0 Å². The van der Waals surface area contributed by atoms with Crippen molar-refractivity contribution < 1.29 is 4.74 Å². The Morgan fingerprint density at radius 1 is 1.10 bits per heavy atom. The third kappa shape index (κ3) is 3.67. The summed E-state index contributed by atoms with van der Waals surface area (Å²) in [6, 6.07) is 9.17. The van der Waals surface area contributed by atoms with Crippen LogP contribution in [-0.2, 0) is 4.74 Å². The Morgan fingerprint density at radius 3 is 2.14 bits per heavy atom. The van der Waals surface area contributed by atoms with Crippen molar-refractivity contribution in [1.82, 2.24) is 5.32 Å². The highest BCUT2D eigenvalue weighted by Crippen LogP contribution is 2.47. The molecule has 1 aromatic carbocycles. The molecule has 1 N–H and O–H groups in total. The molecule has 1 unspecified atom stereocenters. The molecule has 1 saturated carbocycles. The van der Waals surface area contributed by atoms with Gasteiger partial charge in [-0.2, -0.15) is 0 Å². The lowest BCUT2D eigenvalue weighted by atomic mass is 9.67. The minimum atomic E-state index is -0.0612. The van der Waals surface area contributed by atoms with E-state index in [1.54, 1.807) is 0 Å². The lowest BCUT2D eigenvalue weighted by Gasteiger charge is -2.47. The maximum Gasteiger partial charge on any atom is 0.0876 e. The van der Waals surface area contributed by atoms with Gasteiger partial charge in [-0.05, 0) is 57.6 Å². The van der Waals surface area contributed by atoms with Crippen molar-refractivity contribution in [2.75, 3.05) is 13.7 Å². The van der Waals surface area contributed by atoms with Gasteiger partial charge in [-0.15, -0.1) is 0 Å². The Hall–Kier alpha value is -0.860. The number of hydrogen-bond donors (Lipinski definition) is 1. The molecule has 2 nitrogen and oxygen atoms in total. The van der Waals surface area contributed by atoms with Crippen molar-refractivity contribution in [3.05, 3.63) is 35.4 Å². The zero-order valence-corrected chi connectivity index (χ0v) is 14.3. The number of rotatable bonds is 5. The Labute approximate surface area is 130 Å². The first-order valence-corrected chi connectivity index (χ1v) is 8.30. The molecule has 21 heavy (non-hydrogen) atoms. The van der Waals surface area contributed by atoms with Gasteiger partial charge >= 0.3 is 0 Å². The van der Waals surface area contributed by atoms with E-state index < -0.39 is 0 Å². The highest BCUT2D eigenvalue weighted by Gasteiger charge is 2.44. The van der Waals surface area contributed by atoms with Crippen LogP contribution in [0, 0.1) is 12.3 Å². The number of nitrogens with one attached hydrogen (secondary N) is 1. The number of likely N-dealkylation sites (N-methyl/N-ethyl adjacent to an activating group) is 1. The fourth-order valence-electron chi connectivity index (χ4n) is 3.65. The van der Waals surface area contributed by atoms with Crippen LogP contribution in [0.5, 0.6) is 0 Å². The largest absolute Gasteiger partial charge is 0.373 e. The second-order valence-electron chi connectivity index (χ2n) is 7.29. The second kappa shape index (κ2) is 6.50. The first-order valence-electron chi connectivity index (χ1n) is 8.30. The van der Waals surface area contributed by atoms with Crippen LogP contribution in [-0.4, -0.2) is 19.3 Å². The molecule has 1 atom stereocenters. The Balaban J connectivity index is 2.28. The zero-order valence-electron chi connectivity index (χ0n) is 14.3. The lowest BCUT2D eigenvalue weighted by molar-refractivity contribution is -0.106. The van der Waals surface area contributed by atoms with E-state index in [0.717, 1.165) is 19.4 Å². The van der Waals surface area contributed by atoms with Gasteiger partial charge in [-0.1, -0.05) is 43.7 Å². The predicted molar refractivity (Wildman–Crippen MR) is 89.6 cm³/mol. The highest BCUT2D eigenvalue weighted by molar-refractivity contribution is 5.27. The first-order chi connectivity index (χ1) is 9.92. The zero-order chi connectivity index (χ0) is 15.5. The van der Waals surface area contributed by atoms with Gasteiger partial charge in [-0.25, -0.2) is 0 Å². The topological polar surface area (TPSA) is 21.3 Å². The Bertz CT molecular complexity index is 439. The average Bonchev–Trinajstić information content (AvgIpc) is 2.45. The van der Waals surface area contributed by atoms with Gasteiger partial charge in [0.25, 0.3) is 0 Å². The van der Waals surface area contributed by atoms with Crippen LogP contribution < -0.4 is 5.32 Å². The van der Waals surface area contributed by atoms with Crippen LogP contribution in [0.2, 0.25) is 0 Å². The molecule has 1 aromatic rings. The van der Waals surface area contributed by atoms with Crippen LogP contribution in [0.4, 0.5) is 0 Å². The van der Waals surface area contributed by atoms with E-state index >= 15 is 0 Å². The molecule has 2 heteroatoms. The highest BCUT2D eigenvalue weighted by atomic mass is 16.5. The predicted octanol–water partition coefficient (Wildman–Crippen LogP) is 4.63. The van der Waals surface area contributed by atoms with E-state index in [1.807, 2.05) is 0 Å². The van der Waals surface area contributed by atoms with Gasteiger partial charge in [0, 0.05) is 6.61 Å². The summed E-state index contributed by atoms with van der Waals surface area (Å²) >= 11 is 0. The van der Waals surface area contributed by atoms with Crippen molar-refractivity contribution in [2.45, 2.75) is 65.0 Å². The van der Waals surface area contributed by atoms with Crippen LogP contribution in [0.1, 0.15) is 63.6 Å². The summed E-state index contributed by atoms with van der Waals surface area (Å²) in [5.74, 6) is 0. The summed E-state index contributed by atoms with van der Waals surface area (Å²) < 4.78 is 6.34. The van der Waals surface area contributed by atoms with Crippen LogP contribution >= 0.6 is 0 Å². The fourth-order valence-corrected chi connectivity index (χ4v) is 3.65. The molecule has 0 heterocycles. The molecule has 118 valence electrons. The van der Waals surface area contributed by atoms with Crippen molar-refractivity contribution in [3.63, 3.8) is 0 Å². The maximum absolute atomic E-state index is 6.34. The van der Waals surface area contributed by atoms with E-state index in [4.69, 9.17) is 4.74 Å². The second-order valence-corrected chi connectivity index (χ2v) is 7.29. The van der Waals surface area contributed by atoms with Crippen LogP contribution in [0.25, 0.3) is 0 Å². The van der Waals surface area contributed by atoms with Gasteiger partial charge in [-0.3, -0.25) is 0 Å². The van der Waals surface area contributed by atoms with Crippen molar-refractivity contribution in [2.24, 2.45) is 5.41 Å². The van der Waals surface area contributed by atoms with Crippen LogP contribution in [0.3, 0.4) is 0 Å². The van der Waals surface area contributed by atoms with Gasteiger partial charge in [0.1, 0.15) is 0 Å². The summed E-state index contributed by atoms with van der Waals surface area (Å²) in [6.45, 7) is 9.79. The molecule has 0 spiro atoms. The molecule has 1 fully saturated rings. The van der Waals surface area contributed by atoms with E-state index in [2.05, 4.69) is 64.3 Å². The summed E-state index contributed by atoms with van der Waals surface area (Å²) in [4.78, 5) is 0. The molecule has 1 aliphatic carbocycles. The third-order valence-corrected chi connectivity index (χ3v) is 5.11. The minimum Gasteiger partial charge on any atom is -0.373 e. The normalized spacial score (nSPS) is 22.0. The van der Waals surface area contributed by atoms with Gasteiger partial charge in [0.2, 0.25) is 0 Å². The molecule has 0 aromatic heterocycles. The number of ether oxygens (including phenoxy) is 1. The summed E-state index contributed by atoms with van der Waals surface area (Å²) in [6.07, 6.45) is 4.73. The number of hydrogen-bond acceptors (Lipinski definition) is 2. The van der Waals surface area contributed by atoms with Crippen molar-refractivity contribution in [1.29, 1.82) is 0 Å². The third-order valence-electron chi connectivity index (χ3n) is 5.11. The summed E-state index contributed by atoms with van der Waals surface area (Å²) in [5.41, 5.74) is 3.04. The van der Waals surface area contributed by atoms with E-state index in [1.165, 1.54) is 24.0 Å². The average molecular weight is 289 g/mol. The Morgan fingerprint density at radius 2 is 1.67 bits per heavy atom. The van der Waals surface area contributed by atoms with Crippen LogP contribution in [0.15, 0.2) is 24.3 Å². The van der Waals surface area contributed by atoms with Gasteiger partial charge in [0.15, 0.2) is 0 Å². The van der Waals surface area contributed by atoms with Gasteiger partial charge < -0.3 is 10.1 Å². The molecule has 0 aliphatic heterocycles. The molecule has 0 bridgehead atoms. The van der Waals surface area contributed by atoms with E-state index in [-0.39, 0.29) is 11.6 Å². The molecule has 0 saturated heterocycles. The molecule has 0 amide bonds. The Kier molecular flexibility index (Phi) is 5.11. The smallest absolute Gasteiger partial charge is 0.0876 e.